The summed E-state index contributed by atoms with van der Waals surface area (Å²) in [4.78, 5) is 13.5. The van der Waals surface area contributed by atoms with Crippen molar-refractivity contribution in [3.63, 3.8) is 0 Å². The van der Waals surface area contributed by atoms with Gasteiger partial charge in [-0.2, -0.15) is 11.8 Å². The van der Waals surface area contributed by atoms with Gasteiger partial charge in [0, 0.05) is 30.8 Å². The SMILES string of the molecule is CSC1CNCC1N1CCC(CC(N)=O)CC1. The topological polar surface area (TPSA) is 58.4 Å². The van der Waals surface area contributed by atoms with Crippen LogP contribution in [0.15, 0.2) is 0 Å². The van der Waals surface area contributed by atoms with Crippen molar-refractivity contribution in [1.82, 2.24) is 10.2 Å². The van der Waals surface area contributed by atoms with Gasteiger partial charge in [0.25, 0.3) is 0 Å². The molecule has 0 saturated carbocycles. The zero-order chi connectivity index (χ0) is 12.3. The van der Waals surface area contributed by atoms with Gasteiger partial charge in [0.15, 0.2) is 0 Å². The summed E-state index contributed by atoms with van der Waals surface area (Å²) in [5, 5.41) is 4.20. The van der Waals surface area contributed by atoms with Gasteiger partial charge in [-0.05, 0) is 38.1 Å². The molecule has 4 nitrogen and oxygen atoms in total. The van der Waals surface area contributed by atoms with Gasteiger partial charge >= 0.3 is 0 Å². The maximum atomic E-state index is 10.9. The Kier molecular flexibility index (Phi) is 4.70. The number of primary amides is 1. The Balaban J connectivity index is 1.80. The largest absolute Gasteiger partial charge is 0.370 e. The molecule has 0 aliphatic carbocycles. The summed E-state index contributed by atoms with van der Waals surface area (Å²) in [5.74, 6) is 0.374. The molecule has 0 bridgehead atoms. The minimum absolute atomic E-state index is 0.145. The van der Waals surface area contributed by atoms with Crippen molar-refractivity contribution < 1.29 is 4.79 Å². The van der Waals surface area contributed by atoms with E-state index in [1.165, 1.54) is 0 Å². The fourth-order valence-electron chi connectivity index (χ4n) is 3.02. The highest BCUT2D eigenvalue weighted by Crippen LogP contribution is 2.26. The van der Waals surface area contributed by atoms with Crippen molar-refractivity contribution in [2.45, 2.75) is 30.6 Å². The van der Waals surface area contributed by atoms with E-state index in [0.29, 0.717) is 18.4 Å². The van der Waals surface area contributed by atoms with E-state index in [-0.39, 0.29) is 5.91 Å². The lowest BCUT2D eigenvalue weighted by Crippen LogP contribution is -2.46. The molecule has 2 aliphatic rings. The Labute approximate surface area is 108 Å². The molecule has 0 aromatic carbocycles. The summed E-state index contributed by atoms with van der Waals surface area (Å²) in [6, 6.07) is 0.680. The number of likely N-dealkylation sites (tertiary alicyclic amines) is 1. The number of amides is 1. The summed E-state index contributed by atoms with van der Waals surface area (Å²) in [6.07, 6.45) is 5.02. The van der Waals surface area contributed by atoms with Crippen molar-refractivity contribution in [1.29, 1.82) is 0 Å². The number of rotatable bonds is 4. The van der Waals surface area contributed by atoms with Crippen molar-refractivity contribution in [2.24, 2.45) is 11.7 Å². The highest BCUT2D eigenvalue weighted by atomic mass is 32.2. The van der Waals surface area contributed by atoms with Crippen LogP contribution in [0.2, 0.25) is 0 Å². The Morgan fingerprint density at radius 1 is 1.41 bits per heavy atom. The van der Waals surface area contributed by atoms with Crippen molar-refractivity contribution >= 4 is 17.7 Å². The lowest BCUT2D eigenvalue weighted by Gasteiger charge is -2.37. The van der Waals surface area contributed by atoms with Crippen LogP contribution in [0.3, 0.4) is 0 Å². The molecule has 3 N–H and O–H groups in total. The predicted molar refractivity (Wildman–Crippen MR) is 72.1 cm³/mol. The minimum Gasteiger partial charge on any atom is -0.370 e. The number of nitrogens with one attached hydrogen (secondary N) is 1. The summed E-state index contributed by atoms with van der Waals surface area (Å²) < 4.78 is 0. The first-order valence-corrected chi connectivity index (χ1v) is 7.75. The zero-order valence-corrected chi connectivity index (χ0v) is 11.3. The highest BCUT2D eigenvalue weighted by Gasteiger charge is 2.33. The number of hydrogen-bond donors (Lipinski definition) is 2. The molecular weight excluding hydrogens is 234 g/mol. The molecule has 98 valence electrons. The van der Waals surface area contributed by atoms with E-state index in [1.807, 2.05) is 11.8 Å². The molecule has 2 heterocycles. The summed E-state index contributed by atoms with van der Waals surface area (Å²) in [5.41, 5.74) is 5.26. The van der Waals surface area contributed by atoms with Gasteiger partial charge in [0.05, 0.1) is 0 Å². The second-order valence-corrected chi connectivity index (χ2v) is 6.23. The van der Waals surface area contributed by atoms with Gasteiger partial charge in [0.2, 0.25) is 5.91 Å². The van der Waals surface area contributed by atoms with Crippen LogP contribution in [0.1, 0.15) is 19.3 Å². The van der Waals surface area contributed by atoms with E-state index < -0.39 is 0 Å². The summed E-state index contributed by atoms with van der Waals surface area (Å²) >= 11 is 1.97. The van der Waals surface area contributed by atoms with Crippen molar-refractivity contribution in [2.75, 3.05) is 32.4 Å². The first-order chi connectivity index (χ1) is 8.20. The molecule has 17 heavy (non-hydrogen) atoms. The fraction of sp³-hybridized carbons (Fsp3) is 0.917. The van der Waals surface area contributed by atoms with Crippen LogP contribution in [-0.2, 0) is 4.79 Å². The second-order valence-electron chi connectivity index (χ2n) is 5.15. The van der Waals surface area contributed by atoms with E-state index >= 15 is 0 Å². The van der Waals surface area contributed by atoms with Gasteiger partial charge in [-0.25, -0.2) is 0 Å². The Morgan fingerprint density at radius 3 is 2.71 bits per heavy atom. The number of thioether (sulfide) groups is 1. The minimum atomic E-state index is -0.145. The van der Waals surface area contributed by atoms with Crippen LogP contribution in [-0.4, -0.2) is 54.5 Å². The first kappa shape index (κ1) is 13.2. The van der Waals surface area contributed by atoms with Crippen LogP contribution in [0.4, 0.5) is 0 Å². The van der Waals surface area contributed by atoms with Crippen LogP contribution in [0, 0.1) is 5.92 Å². The third kappa shape index (κ3) is 3.36. The van der Waals surface area contributed by atoms with Gasteiger partial charge in [-0.15, -0.1) is 0 Å². The molecule has 2 saturated heterocycles. The molecule has 2 fully saturated rings. The molecule has 2 aliphatic heterocycles. The number of piperidine rings is 1. The monoisotopic (exact) mass is 257 g/mol. The van der Waals surface area contributed by atoms with Crippen molar-refractivity contribution in [3.8, 4) is 0 Å². The highest BCUT2D eigenvalue weighted by molar-refractivity contribution is 7.99. The van der Waals surface area contributed by atoms with Crippen molar-refractivity contribution in [3.05, 3.63) is 0 Å². The van der Waals surface area contributed by atoms with E-state index in [2.05, 4.69) is 16.5 Å². The summed E-state index contributed by atoms with van der Waals surface area (Å²) in [6.45, 7) is 4.50. The van der Waals surface area contributed by atoms with E-state index in [0.717, 1.165) is 44.3 Å². The van der Waals surface area contributed by atoms with E-state index in [4.69, 9.17) is 5.73 Å². The van der Waals surface area contributed by atoms with Gasteiger partial charge < -0.3 is 11.1 Å². The Hall–Kier alpha value is -0.260. The fourth-order valence-corrected chi connectivity index (χ4v) is 3.89. The quantitative estimate of drug-likeness (QED) is 0.759. The summed E-state index contributed by atoms with van der Waals surface area (Å²) in [7, 11) is 0. The third-order valence-corrected chi connectivity index (χ3v) is 5.13. The average molecular weight is 257 g/mol. The molecule has 2 rings (SSSR count). The first-order valence-electron chi connectivity index (χ1n) is 6.46. The molecule has 0 aromatic heterocycles. The molecule has 2 unspecified atom stereocenters. The number of carbonyl (C=O) groups excluding carboxylic acids is 1. The molecule has 0 radical (unpaired) electrons. The van der Waals surface area contributed by atoms with Gasteiger partial charge in [0.1, 0.15) is 0 Å². The van der Waals surface area contributed by atoms with Crippen LogP contribution >= 0.6 is 11.8 Å². The van der Waals surface area contributed by atoms with Crippen LogP contribution < -0.4 is 11.1 Å². The number of carbonyl (C=O) groups is 1. The van der Waals surface area contributed by atoms with Gasteiger partial charge in [-0.3, -0.25) is 9.69 Å². The number of nitrogens with two attached hydrogens (primary N) is 1. The van der Waals surface area contributed by atoms with Gasteiger partial charge in [-0.1, -0.05) is 0 Å². The predicted octanol–water partition coefficient (Wildman–Crippen LogP) is 0.277. The Bertz CT molecular complexity index is 266. The molecular formula is C12H23N3OS. The van der Waals surface area contributed by atoms with Crippen LogP contribution in [0.5, 0.6) is 0 Å². The molecule has 1 amide bonds. The lowest BCUT2D eigenvalue weighted by molar-refractivity contribution is -0.119. The second kappa shape index (κ2) is 6.07. The normalized spacial score (nSPS) is 31.8. The van der Waals surface area contributed by atoms with E-state index in [9.17, 15) is 4.79 Å². The number of hydrogen-bond acceptors (Lipinski definition) is 4. The maximum absolute atomic E-state index is 10.9. The molecule has 0 aromatic rings. The molecule has 2 atom stereocenters. The maximum Gasteiger partial charge on any atom is 0.217 e. The molecule has 0 spiro atoms. The smallest absolute Gasteiger partial charge is 0.217 e. The van der Waals surface area contributed by atoms with E-state index in [1.54, 1.807) is 0 Å². The third-order valence-electron chi connectivity index (χ3n) is 4.04. The average Bonchev–Trinajstić information content (AvgIpc) is 2.77. The molecule has 5 heteroatoms. The Morgan fingerprint density at radius 2 is 2.12 bits per heavy atom. The standard InChI is InChI=1S/C12H23N3OS/c1-17-11-8-14-7-10(11)15-4-2-9(3-5-15)6-12(13)16/h9-11,14H,2-8H2,1H3,(H2,13,16). The number of nitrogens with zero attached hydrogens (tertiary/aromatic N) is 1. The zero-order valence-electron chi connectivity index (χ0n) is 10.5. The lowest BCUT2D eigenvalue weighted by atomic mass is 9.92. The van der Waals surface area contributed by atoms with Crippen LogP contribution in [0.25, 0.3) is 0 Å².